The summed E-state index contributed by atoms with van der Waals surface area (Å²) in [7, 11) is 0. The van der Waals surface area contributed by atoms with E-state index >= 15 is 0 Å². The van der Waals surface area contributed by atoms with Gasteiger partial charge in [-0.2, -0.15) is 0 Å². The first-order valence-corrected chi connectivity index (χ1v) is 7.70. The highest BCUT2D eigenvalue weighted by atomic mass is 35.5. The number of aliphatic carboxylic acids is 1. The topological polar surface area (TPSA) is 40.5 Å². The second-order valence-corrected chi connectivity index (χ2v) is 6.80. The standard InChI is InChI=1S/C14H18ClNO2S/c1-14(13(17)18)6-7-16(10-14)8-9-19-12-4-2-11(15)3-5-12/h2-5H,6-10H2,1H3,(H,17,18). The summed E-state index contributed by atoms with van der Waals surface area (Å²) in [5.74, 6) is 0.289. The van der Waals surface area contributed by atoms with Gasteiger partial charge in [0.15, 0.2) is 0 Å². The summed E-state index contributed by atoms with van der Waals surface area (Å²) in [6.07, 6.45) is 0.744. The van der Waals surface area contributed by atoms with Gasteiger partial charge in [-0.15, -0.1) is 11.8 Å². The number of carbonyl (C=O) groups is 1. The second kappa shape index (κ2) is 6.16. The maximum atomic E-state index is 11.2. The lowest BCUT2D eigenvalue weighted by atomic mass is 9.90. The SMILES string of the molecule is CC1(C(=O)O)CCN(CCSc2ccc(Cl)cc2)C1. The summed E-state index contributed by atoms with van der Waals surface area (Å²) in [4.78, 5) is 14.6. The molecule has 19 heavy (non-hydrogen) atoms. The molecule has 2 rings (SSSR count). The Bertz CT molecular complexity index is 451. The van der Waals surface area contributed by atoms with Gasteiger partial charge in [-0.05, 0) is 44.2 Å². The number of nitrogens with zero attached hydrogens (tertiary/aromatic N) is 1. The fourth-order valence-corrected chi connectivity index (χ4v) is 3.29. The third kappa shape index (κ3) is 3.88. The minimum absolute atomic E-state index is 0.565. The molecule has 0 saturated carbocycles. The lowest BCUT2D eigenvalue weighted by Crippen LogP contribution is -2.32. The number of thioether (sulfide) groups is 1. The molecular formula is C14H18ClNO2S. The van der Waals surface area contributed by atoms with E-state index in [0.717, 1.165) is 30.3 Å². The van der Waals surface area contributed by atoms with E-state index in [-0.39, 0.29) is 0 Å². The number of carboxylic acids is 1. The van der Waals surface area contributed by atoms with Crippen LogP contribution in [0.15, 0.2) is 29.2 Å². The van der Waals surface area contributed by atoms with Crippen LogP contribution in [0.25, 0.3) is 0 Å². The maximum Gasteiger partial charge on any atom is 0.310 e. The molecule has 0 aliphatic carbocycles. The Morgan fingerprint density at radius 2 is 2.16 bits per heavy atom. The number of hydrogen-bond acceptors (Lipinski definition) is 3. The van der Waals surface area contributed by atoms with Crippen LogP contribution in [0, 0.1) is 5.41 Å². The van der Waals surface area contributed by atoms with E-state index in [1.807, 2.05) is 31.2 Å². The van der Waals surface area contributed by atoms with Gasteiger partial charge in [0.1, 0.15) is 0 Å². The minimum atomic E-state index is -0.680. The number of rotatable bonds is 5. The molecule has 1 aliphatic rings. The fourth-order valence-electron chi connectivity index (χ4n) is 2.25. The predicted molar refractivity (Wildman–Crippen MR) is 79.0 cm³/mol. The van der Waals surface area contributed by atoms with Gasteiger partial charge < -0.3 is 10.0 Å². The molecular weight excluding hydrogens is 282 g/mol. The van der Waals surface area contributed by atoms with Crippen molar-refractivity contribution in [1.29, 1.82) is 0 Å². The Morgan fingerprint density at radius 1 is 1.47 bits per heavy atom. The highest BCUT2D eigenvalue weighted by molar-refractivity contribution is 7.99. The quantitative estimate of drug-likeness (QED) is 0.848. The van der Waals surface area contributed by atoms with Crippen LogP contribution in [0.4, 0.5) is 0 Å². The van der Waals surface area contributed by atoms with Crippen LogP contribution in [0.1, 0.15) is 13.3 Å². The van der Waals surface area contributed by atoms with E-state index in [9.17, 15) is 9.90 Å². The second-order valence-electron chi connectivity index (χ2n) is 5.19. The van der Waals surface area contributed by atoms with Crippen molar-refractivity contribution >= 4 is 29.3 Å². The summed E-state index contributed by atoms with van der Waals surface area (Å²) in [5.41, 5.74) is -0.565. The molecule has 1 heterocycles. The van der Waals surface area contributed by atoms with Gasteiger partial charge >= 0.3 is 5.97 Å². The highest BCUT2D eigenvalue weighted by Crippen LogP contribution is 2.30. The van der Waals surface area contributed by atoms with E-state index in [1.54, 1.807) is 11.8 Å². The normalized spacial score (nSPS) is 23.7. The van der Waals surface area contributed by atoms with Crippen LogP contribution >= 0.6 is 23.4 Å². The van der Waals surface area contributed by atoms with E-state index in [0.29, 0.717) is 6.54 Å². The van der Waals surface area contributed by atoms with Crippen molar-refractivity contribution in [3.63, 3.8) is 0 Å². The molecule has 1 unspecified atom stereocenters. The van der Waals surface area contributed by atoms with Gasteiger partial charge in [-0.1, -0.05) is 11.6 Å². The van der Waals surface area contributed by atoms with Crippen molar-refractivity contribution < 1.29 is 9.90 Å². The van der Waals surface area contributed by atoms with Crippen LogP contribution in [0.3, 0.4) is 0 Å². The lowest BCUT2D eigenvalue weighted by Gasteiger charge is -2.19. The van der Waals surface area contributed by atoms with Gasteiger partial charge in [0.05, 0.1) is 5.41 Å². The summed E-state index contributed by atoms with van der Waals surface area (Å²) in [6, 6.07) is 7.80. The largest absolute Gasteiger partial charge is 0.481 e. The van der Waals surface area contributed by atoms with E-state index < -0.39 is 11.4 Å². The molecule has 0 bridgehead atoms. The van der Waals surface area contributed by atoms with Crippen molar-refractivity contribution in [2.75, 3.05) is 25.4 Å². The molecule has 104 valence electrons. The van der Waals surface area contributed by atoms with Crippen LogP contribution < -0.4 is 0 Å². The molecule has 1 aromatic carbocycles. The van der Waals surface area contributed by atoms with E-state index in [4.69, 9.17) is 11.6 Å². The number of benzene rings is 1. The van der Waals surface area contributed by atoms with Crippen molar-refractivity contribution in [3.05, 3.63) is 29.3 Å². The monoisotopic (exact) mass is 299 g/mol. The van der Waals surface area contributed by atoms with Crippen molar-refractivity contribution in [3.8, 4) is 0 Å². The zero-order valence-electron chi connectivity index (χ0n) is 10.9. The molecule has 1 saturated heterocycles. The fraction of sp³-hybridized carbons (Fsp3) is 0.500. The maximum absolute atomic E-state index is 11.2. The highest BCUT2D eigenvalue weighted by Gasteiger charge is 2.39. The summed E-state index contributed by atoms with van der Waals surface area (Å²) in [5, 5.41) is 9.93. The van der Waals surface area contributed by atoms with E-state index in [2.05, 4.69) is 4.90 Å². The molecule has 1 aromatic rings. The van der Waals surface area contributed by atoms with Crippen LogP contribution in [0.2, 0.25) is 5.02 Å². The number of halogens is 1. The van der Waals surface area contributed by atoms with Gasteiger partial charge in [-0.25, -0.2) is 0 Å². The Morgan fingerprint density at radius 3 is 2.74 bits per heavy atom. The van der Waals surface area contributed by atoms with E-state index in [1.165, 1.54) is 4.90 Å². The molecule has 1 N–H and O–H groups in total. The van der Waals surface area contributed by atoms with Gasteiger partial charge in [0.2, 0.25) is 0 Å². The summed E-state index contributed by atoms with van der Waals surface area (Å²) in [6.45, 7) is 4.30. The Labute approximate surface area is 122 Å². The first-order valence-electron chi connectivity index (χ1n) is 6.34. The van der Waals surface area contributed by atoms with Gasteiger partial charge in [0.25, 0.3) is 0 Å². The molecule has 1 atom stereocenters. The Balaban J connectivity index is 1.75. The predicted octanol–water partition coefficient (Wildman–Crippen LogP) is 3.23. The summed E-state index contributed by atoms with van der Waals surface area (Å²) < 4.78 is 0. The first kappa shape index (κ1) is 14.7. The van der Waals surface area contributed by atoms with Crippen molar-refractivity contribution in [2.45, 2.75) is 18.2 Å². The molecule has 0 spiro atoms. The smallest absolute Gasteiger partial charge is 0.310 e. The molecule has 5 heteroatoms. The van der Waals surface area contributed by atoms with Crippen LogP contribution in [-0.4, -0.2) is 41.4 Å². The molecule has 3 nitrogen and oxygen atoms in total. The number of hydrogen-bond donors (Lipinski definition) is 1. The molecule has 0 aromatic heterocycles. The average Bonchev–Trinajstić information content (AvgIpc) is 2.75. The average molecular weight is 300 g/mol. The molecule has 0 amide bonds. The van der Waals surface area contributed by atoms with Crippen molar-refractivity contribution in [2.24, 2.45) is 5.41 Å². The molecule has 1 fully saturated rings. The molecule has 0 radical (unpaired) electrons. The minimum Gasteiger partial charge on any atom is -0.481 e. The third-order valence-electron chi connectivity index (χ3n) is 3.56. The van der Waals surface area contributed by atoms with Crippen LogP contribution in [0.5, 0.6) is 0 Å². The van der Waals surface area contributed by atoms with Crippen molar-refractivity contribution in [1.82, 2.24) is 4.90 Å². The van der Waals surface area contributed by atoms with Gasteiger partial charge in [0, 0.05) is 28.8 Å². The Hall–Kier alpha value is -0.710. The lowest BCUT2D eigenvalue weighted by molar-refractivity contribution is -0.147. The third-order valence-corrected chi connectivity index (χ3v) is 4.80. The Kier molecular flexibility index (Phi) is 4.76. The van der Waals surface area contributed by atoms with Crippen LogP contribution in [-0.2, 0) is 4.79 Å². The van der Waals surface area contributed by atoms with Gasteiger partial charge in [-0.3, -0.25) is 4.79 Å². The summed E-state index contributed by atoms with van der Waals surface area (Å²) >= 11 is 7.61. The molecule has 1 aliphatic heterocycles. The number of carboxylic acid groups (broad SMARTS) is 1. The number of likely N-dealkylation sites (tertiary alicyclic amines) is 1. The zero-order valence-corrected chi connectivity index (χ0v) is 12.5. The first-order chi connectivity index (χ1) is 8.99. The zero-order chi connectivity index (χ0) is 13.9.